The molecule has 1 aliphatic rings. The number of thiazole rings is 1. The molecule has 18 heavy (non-hydrogen) atoms. The Balaban J connectivity index is 1.90. The predicted molar refractivity (Wildman–Crippen MR) is 67.3 cm³/mol. The predicted octanol–water partition coefficient (Wildman–Crippen LogP) is 2.49. The van der Waals surface area contributed by atoms with Gasteiger partial charge in [0, 0.05) is 5.56 Å². The van der Waals surface area contributed by atoms with Crippen molar-refractivity contribution in [3.63, 3.8) is 0 Å². The molecule has 0 bridgehead atoms. The van der Waals surface area contributed by atoms with Crippen LogP contribution in [-0.2, 0) is 6.61 Å². The first-order valence-corrected chi connectivity index (χ1v) is 6.31. The van der Waals surface area contributed by atoms with Crippen molar-refractivity contribution < 1.29 is 4.74 Å². The van der Waals surface area contributed by atoms with Crippen molar-refractivity contribution in [1.29, 1.82) is 0 Å². The van der Waals surface area contributed by atoms with E-state index >= 15 is 0 Å². The molecule has 0 spiro atoms. The summed E-state index contributed by atoms with van der Waals surface area (Å²) in [6, 6.07) is 7.95. The molecule has 3 aromatic rings. The lowest BCUT2D eigenvalue weighted by molar-refractivity contribution is 0.305. The molecule has 3 heterocycles. The number of benzene rings is 1. The van der Waals surface area contributed by atoms with Crippen LogP contribution in [0.1, 0.15) is 4.88 Å². The second-order valence-electron chi connectivity index (χ2n) is 3.91. The number of ether oxygens (including phenoxy) is 1. The molecule has 4 rings (SSSR count). The zero-order chi connectivity index (χ0) is 11.9. The zero-order valence-corrected chi connectivity index (χ0v) is 10.1. The number of aromatic amines is 1. The number of fused-ring (bicyclic) bond motifs is 3. The lowest BCUT2D eigenvalue weighted by atomic mass is 10.1. The molecule has 0 aliphatic carbocycles. The van der Waals surface area contributed by atoms with Gasteiger partial charge in [-0.15, -0.1) is 11.3 Å². The topological polar surface area (TPSA) is 63.7 Å². The summed E-state index contributed by atoms with van der Waals surface area (Å²) in [5, 5.41) is 7.53. The average molecular weight is 256 g/mol. The van der Waals surface area contributed by atoms with Crippen molar-refractivity contribution in [2.24, 2.45) is 0 Å². The quantitative estimate of drug-likeness (QED) is 0.726. The summed E-state index contributed by atoms with van der Waals surface area (Å²) in [6.45, 7) is 0.568. The Morgan fingerprint density at radius 3 is 3.11 bits per heavy atom. The van der Waals surface area contributed by atoms with E-state index in [0.717, 1.165) is 26.9 Å². The van der Waals surface area contributed by atoms with Gasteiger partial charge in [-0.25, -0.2) is 9.97 Å². The molecule has 5 nitrogen and oxygen atoms in total. The van der Waals surface area contributed by atoms with Gasteiger partial charge in [-0.3, -0.25) is 5.10 Å². The van der Waals surface area contributed by atoms with E-state index in [1.807, 2.05) is 24.3 Å². The molecule has 0 atom stereocenters. The van der Waals surface area contributed by atoms with Gasteiger partial charge in [0.2, 0.25) is 0 Å². The van der Waals surface area contributed by atoms with Crippen molar-refractivity contribution in [2.75, 3.05) is 0 Å². The molecule has 88 valence electrons. The minimum absolute atomic E-state index is 0.568. The van der Waals surface area contributed by atoms with Crippen molar-refractivity contribution >= 4 is 11.3 Å². The number of rotatable bonds is 1. The summed E-state index contributed by atoms with van der Waals surface area (Å²) in [7, 11) is 0. The summed E-state index contributed by atoms with van der Waals surface area (Å²) < 4.78 is 5.70. The number of nitrogens with zero attached hydrogens (tertiary/aromatic N) is 3. The summed E-state index contributed by atoms with van der Waals surface area (Å²) in [5.74, 6) is 1.59. The fourth-order valence-electron chi connectivity index (χ4n) is 2.00. The molecule has 1 aromatic carbocycles. The number of aromatic nitrogens is 4. The monoisotopic (exact) mass is 256 g/mol. The van der Waals surface area contributed by atoms with Gasteiger partial charge in [0.15, 0.2) is 10.8 Å². The molecule has 0 saturated carbocycles. The van der Waals surface area contributed by atoms with E-state index in [1.165, 1.54) is 6.33 Å². The van der Waals surface area contributed by atoms with Crippen LogP contribution in [-0.4, -0.2) is 20.2 Å². The highest BCUT2D eigenvalue weighted by atomic mass is 32.1. The number of para-hydroxylation sites is 1. The third-order valence-electron chi connectivity index (χ3n) is 2.82. The highest BCUT2D eigenvalue weighted by Crippen LogP contribution is 2.40. The van der Waals surface area contributed by atoms with E-state index in [4.69, 9.17) is 4.74 Å². The smallest absolute Gasteiger partial charge is 0.184 e. The molecule has 1 aliphatic heterocycles. The van der Waals surface area contributed by atoms with Crippen LogP contribution in [0.3, 0.4) is 0 Å². The Bertz CT molecular complexity index is 705. The van der Waals surface area contributed by atoms with Crippen molar-refractivity contribution in [1.82, 2.24) is 20.2 Å². The molecular weight excluding hydrogens is 248 g/mol. The first kappa shape index (κ1) is 9.78. The maximum absolute atomic E-state index is 5.70. The van der Waals surface area contributed by atoms with E-state index in [-0.39, 0.29) is 0 Å². The molecule has 2 aromatic heterocycles. The minimum atomic E-state index is 0.568. The molecular formula is C12H8N4OS. The van der Waals surface area contributed by atoms with E-state index in [0.29, 0.717) is 12.4 Å². The van der Waals surface area contributed by atoms with E-state index in [1.54, 1.807) is 11.3 Å². The lowest BCUT2D eigenvalue weighted by Crippen LogP contribution is -2.02. The average Bonchev–Trinajstić information content (AvgIpc) is 3.07. The Morgan fingerprint density at radius 2 is 2.22 bits per heavy atom. The summed E-state index contributed by atoms with van der Waals surface area (Å²) in [4.78, 5) is 9.89. The number of nitrogens with one attached hydrogen (secondary N) is 1. The van der Waals surface area contributed by atoms with E-state index in [9.17, 15) is 0 Å². The van der Waals surface area contributed by atoms with Crippen LogP contribution in [0.5, 0.6) is 5.75 Å². The van der Waals surface area contributed by atoms with E-state index < -0.39 is 0 Å². The fraction of sp³-hybridized carbons (Fsp3) is 0.0833. The highest BCUT2D eigenvalue weighted by Gasteiger charge is 2.22. The molecule has 0 amide bonds. The molecule has 0 saturated heterocycles. The van der Waals surface area contributed by atoms with E-state index in [2.05, 4.69) is 20.2 Å². The van der Waals surface area contributed by atoms with Crippen LogP contribution in [0, 0.1) is 0 Å². The Labute approximate surface area is 106 Å². The number of H-pyrrole nitrogens is 1. The molecule has 0 unspecified atom stereocenters. The zero-order valence-electron chi connectivity index (χ0n) is 9.25. The first-order chi connectivity index (χ1) is 8.92. The summed E-state index contributed by atoms with van der Waals surface area (Å²) >= 11 is 1.59. The van der Waals surface area contributed by atoms with Gasteiger partial charge in [0.25, 0.3) is 0 Å². The van der Waals surface area contributed by atoms with Gasteiger partial charge < -0.3 is 4.74 Å². The summed E-state index contributed by atoms with van der Waals surface area (Å²) in [6.07, 6.45) is 1.49. The van der Waals surface area contributed by atoms with Crippen LogP contribution in [0.2, 0.25) is 0 Å². The molecule has 6 heteroatoms. The molecule has 0 radical (unpaired) electrons. The largest absolute Gasteiger partial charge is 0.487 e. The molecule has 0 fully saturated rings. The standard InChI is InChI=1S/C12H8N4OS/c1-2-4-8-7(3-1)10-9(5-17-8)18-12(15-10)11-13-6-14-16-11/h1-4,6H,5H2,(H,13,14,16). The molecule has 1 N–H and O–H groups in total. The third kappa shape index (κ3) is 1.36. The maximum Gasteiger partial charge on any atom is 0.184 e. The number of hydrogen-bond donors (Lipinski definition) is 1. The third-order valence-corrected chi connectivity index (χ3v) is 3.85. The number of hydrogen-bond acceptors (Lipinski definition) is 5. The van der Waals surface area contributed by atoms with Crippen molar-refractivity contribution in [2.45, 2.75) is 6.61 Å². The van der Waals surface area contributed by atoms with Gasteiger partial charge in [-0.05, 0) is 12.1 Å². The van der Waals surface area contributed by atoms with Crippen molar-refractivity contribution in [3.05, 3.63) is 35.5 Å². The summed E-state index contributed by atoms with van der Waals surface area (Å²) in [5.41, 5.74) is 2.04. The van der Waals surface area contributed by atoms with Gasteiger partial charge in [-0.1, -0.05) is 12.1 Å². The Hall–Kier alpha value is -2.21. The highest BCUT2D eigenvalue weighted by molar-refractivity contribution is 7.15. The minimum Gasteiger partial charge on any atom is -0.487 e. The second kappa shape index (κ2) is 3.64. The van der Waals surface area contributed by atoms with Gasteiger partial charge in [0.05, 0.1) is 10.6 Å². The van der Waals surface area contributed by atoms with Crippen LogP contribution in [0.25, 0.3) is 22.1 Å². The van der Waals surface area contributed by atoms with Crippen LogP contribution < -0.4 is 4.74 Å². The van der Waals surface area contributed by atoms with Gasteiger partial charge in [-0.2, -0.15) is 5.10 Å². The van der Waals surface area contributed by atoms with Crippen molar-refractivity contribution in [3.8, 4) is 27.8 Å². The fourth-order valence-corrected chi connectivity index (χ4v) is 2.94. The SMILES string of the molecule is c1ccc2c(c1)OCc1sc(-c3ncn[nH]3)nc1-2. The lowest BCUT2D eigenvalue weighted by Gasteiger charge is -2.15. The Kier molecular flexibility index (Phi) is 1.98. The normalized spacial score (nSPS) is 12.7. The Morgan fingerprint density at radius 1 is 1.28 bits per heavy atom. The maximum atomic E-state index is 5.70. The van der Waals surface area contributed by atoms with Gasteiger partial charge in [0.1, 0.15) is 18.7 Å². The van der Waals surface area contributed by atoms with Crippen LogP contribution in [0.4, 0.5) is 0 Å². The van der Waals surface area contributed by atoms with Crippen LogP contribution in [0.15, 0.2) is 30.6 Å². The van der Waals surface area contributed by atoms with Gasteiger partial charge >= 0.3 is 0 Å². The first-order valence-electron chi connectivity index (χ1n) is 5.49. The van der Waals surface area contributed by atoms with Crippen LogP contribution >= 0.6 is 11.3 Å². The second-order valence-corrected chi connectivity index (χ2v) is 4.99.